The van der Waals surface area contributed by atoms with Crippen molar-refractivity contribution in [2.24, 2.45) is 10.2 Å². The molecule has 0 spiro atoms. The summed E-state index contributed by atoms with van der Waals surface area (Å²) >= 11 is 0. The van der Waals surface area contributed by atoms with Gasteiger partial charge in [0.05, 0.1) is 22.3 Å². The van der Waals surface area contributed by atoms with Crippen LogP contribution in [0.25, 0.3) is 0 Å². The number of nitrogens with one attached hydrogen (secondary N) is 2. The lowest BCUT2D eigenvalue weighted by Crippen LogP contribution is -2.19. The quantitative estimate of drug-likeness (QED) is 0.297. The Balaban J connectivity index is 1.52. The lowest BCUT2D eigenvalue weighted by Gasteiger charge is -2.03. The van der Waals surface area contributed by atoms with Crippen LogP contribution in [0.5, 0.6) is 0 Å². The van der Waals surface area contributed by atoms with Crippen molar-refractivity contribution in [2.45, 2.75) is 0 Å². The predicted molar refractivity (Wildman–Crippen MR) is 123 cm³/mol. The number of hydrogen-bond acceptors (Lipinski definition) is 8. The number of hydrogen-bond donors (Lipinski definition) is 2. The Morgan fingerprint density at radius 1 is 0.618 bits per heavy atom. The normalized spacial score (nSPS) is 10.8. The van der Waals surface area contributed by atoms with Gasteiger partial charge in [-0.05, 0) is 59.7 Å². The Morgan fingerprint density at radius 2 is 0.941 bits per heavy atom. The van der Waals surface area contributed by atoms with Crippen molar-refractivity contribution < 1.29 is 19.4 Å². The lowest BCUT2D eigenvalue weighted by atomic mass is 10.1. The number of nitrogens with zero attached hydrogens (tertiary/aromatic N) is 4. The largest absolute Gasteiger partial charge is 0.271 e. The van der Waals surface area contributed by atoms with Crippen LogP contribution in [0.1, 0.15) is 31.8 Å². The number of carbonyl (C=O) groups is 2. The molecule has 170 valence electrons. The van der Waals surface area contributed by atoms with E-state index in [-0.39, 0.29) is 22.5 Å². The van der Waals surface area contributed by atoms with Gasteiger partial charge in [0.2, 0.25) is 0 Å². The van der Waals surface area contributed by atoms with Crippen LogP contribution < -0.4 is 10.9 Å². The monoisotopic (exact) mass is 460 g/mol. The predicted octanol–water partition coefficient (Wildman–Crippen LogP) is 3.03. The molecule has 0 saturated heterocycles. The number of non-ortho nitro benzene ring substituents is 2. The molecule has 0 aliphatic rings. The molecule has 0 bridgehead atoms. The zero-order chi connectivity index (χ0) is 24.5. The summed E-state index contributed by atoms with van der Waals surface area (Å²) in [5.74, 6) is -1.03. The summed E-state index contributed by atoms with van der Waals surface area (Å²) in [6.07, 6.45) is 2.68. The summed E-state index contributed by atoms with van der Waals surface area (Å²) < 4.78 is 0. The van der Waals surface area contributed by atoms with Crippen LogP contribution in [0.4, 0.5) is 11.4 Å². The van der Waals surface area contributed by atoms with Crippen molar-refractivity contribution in [3.05, 3.63) is 115 Å². The molecule has 12 heteroatoms. The second kappa shape index (κ2) is 10.9. The molecular formula is C22H16N6O6. The first-order chi connectivity index (χ1) is 16.3. The molecule has 0 aliphatic heterocycles. The molecule has 2 N–H and O–H groups in total. The molecule has 12 nitrogen and oxygen atoms in total. The van der Waals surface area contributed by atoms with Crippen molar-refractivity contribution in [1.29, 1.82) is 0 Å². The van der Waals surface area contributed by atoms with Crippen LogP contribution >= 0.6 is 0 Å². The summed E-state index contributed by atoms with van der Waals surface area (Å²) in [4.78, 5) is 44.6. The molecule has 3 aromatic rings. The minimum Gasteiger partial charge on any atom is -0.267 e. The Kier molecular flexibility index (Phi) is 7.47. The van der Waals surface area contributed by atoms with E-state index in [0.717, 1.165) is 0 Å². The number of nitro benzene ring substituents is 2. The molecular weight excluding hydrogens is 444 g/mol. The van der Waals surface area contributed by atoms with Gasteiger partial charge in [0.15, 0.2) is 0 Å². The Bertz CT molecular complexity index is 1170. The van der Waals surface area contributed by atoms with Crippen LogP contribution in [-0.2, 0) is 0 Å². The fourth-order valence-corrected chi connectivity index (χ4v) is 2.60. The molecule has 0 aromatic heterocycles. The van der Waals surface area contributed by atoms with Crippen molar-refractivity contribution in [2.75, 3.05) is 0 Å². The van der Waals surface area contributed by atoms with Crippen LogP contribution in [-0.4, -0.2) is 34.1 Å². The molecule has 3 aromatic carbocycles. The van der Waals surface area contributed by atoms with Crippen LogP contribution in [0.15, 0.2) is 83.0 Å². The highest BCUT2D eigenvalue weighted by molar-refractivity contribution is 5.98. The fourth-order valence-electron chi connectivity index (χ4n) is 2.60. The van der Waals surface area contributed by atoms with E-state index in [2.05, 4.69) is 21.1 Å². The average molecular weight is 460 g/mol. The van der Waals surface area contributed by atoms with E-state index < -0.39 is 21.7 Å². The van der Waals surface area contributed by atoms with Gasteiger partial charge in [0.25, 0.3) is 23.2 Å². The Morgan fingerprint density at radius 3 is 1.24 bits per heavy atom. The summed E-state index contributed by atoms with van der Waals surface area (Å²) in [7, 11) is 0. The summed E-state index contributed by atoms with van der Waals surface area (Å²) in [5.41, 5.74) is 6.18. The topological polar surface area (TPSA) is 169 Å². The molecule has 0 atom stereocenters. The number of amides is 2. The fraction of sp³-hybridized carbons (Fsp3) is 0. The maximum absolute atomic E-state index is 12.2. The third kappa shape index (κ3) is 6.37. The Hall–Kier alpha value is -5.26. The highest BCUT2D eigenvalue weighted by Gasteiger charge is 2.08. The number of nitro groups is 2. The van der Waals surface area contributed by atoms with Crippen molar-refractivity contribution in [3.8, 4) is 0 Å². The maximum atomic E-state index is 12.2. The average Bonchev–Trinajstić information content (AvgIpc) is 2.84. The SMILES string of the molecule is O=C(N/N=C\c1ccc([N+](=O)[O-])cc1)c1ccc(C(=O)N/N=C\c2ccc([N+](=O)[O-])cc2)cc1. The third-order valence-corrected chi connectivity index (χ3v) is 4.38. The van der Waals surface area contributed by atoms with Gasteiger partial charge in [0, 0.05) is 35.4 Å². The lowest BCUT2D eigenvalue weighted by molar-refractivity contribution is -0.385. The van der Waals surface area contributed by atoms with Crippen LogP contribution in [0.2, 0.25) is 0 Å². The van der Waals surface area contributed by atoms with E-state index in [0.29, 0.717) is 11.1 Å². The Labute approximate surface area is 191 Å². The summed E-state index contributed by atoms with van der Waals surface area (Å²) in [5, 5.41) is 28.9. The van der Waals surface area contributed by atoms with E-state index in [1.54, 1.807) is 0 Å². The van der Waals surface area contributed by atoms with Crippen LogP contribution in [0.3, 0.4) is 0 Å². The molecule has 3 rings (SSSR count). The molecule has 0 saturated carbocycles. The first-order valence-electron chi connectivity index (χ1n) is 9.59. The maximum Gasteiger partial charge on any atom is 0.271 e. The molecule has 0 aliphatic carbocycles. The van der Waals surface area contributed by atoms with Crippen molar-refractivity contribution in [3.63, 3.8) is 0 Å². The molecule has 0 radical (unpaired) electrons. The second-order valence-corrected chi connectivity index (χ2v) is 6.67. The smallest absolute Gasteiger partial charge is 0.267 e. The first kappa shape index (κ1) is 23.4. The molecule has 0 unspecified atom stereocenters. The van der Waals surface area contributed by atoms with Gasteiger partial charge in [-0.25, -0.2) is 10.9 Å². The van der Waals surface area contributed by atoms with Gasteiger partial charge >= 0.3 is 0 Å². The van der Waals surface area contributed by atoms with E-state index in [1.807, 2.05) is 0 Å². The number of benzene rings is 3. The van der Waals surface area contributed by atoms with Gasteiger partial charge < -0.3 is 0 Å². The van der Waals surface area contributed by atoms with Gasteiger partial charge in [-0.15, -0.1) is 0 Å². The van der Waals surface area contributed by atoms with Crippen molar-refractivity contribution >= 4 is 35.6 Å². The number of carbonyl (C=O) groups excluding carboxylic acids is 2. The van der Waals surface area contributed by atoms with Gasteiger partial charge in [0.1, 0.15) is 0 Å². The van der Waals surface area contributed by atoms with E-state index in [4.69, 9.17) is 0 Å². The first-order valence-corrected chi connectivity index (χ1v) is 9.59. The molecule has 2 amide bonds. The summed E-state index contributed by atoms with van der Waals surface area (Å²) in [6.45, 7) is 0. The zero-order valence-electron chi connectivity index (χ0n) is 17.3. The minimum atomic E-state index is -0.516. The molecule has 0 heterocycles. The molecule has 34 heavy (non-hydrogen) atoms. The zero-order valence-corrected chi connectivity index (χ0v) is 17.3. The standard InChI is InChI=1S/C22H16N6O6/c29-21(25-23-13-15-1-9-19(10-2-15)27(31)32)17-5-7-18(8-6-17)22(30)26-24-14-16-3-11-20(12-4-16)28(33)34/h1-14H,(H,25,29)(H,26,30)/b23-13-,24-14-. The van der Waals surface area contributed by atoms with E-state index >= 15 is 0 Å². The van der Waals surface area contributed by atoms with E-state index in [1.165, 1.54) is 85.2 Å². The number of hydrazone groups is 2. The highest BCUT2D eigenvalue weighted by Crippen LogP contribution is 2.11. The van der Waals surface area contributed by atoms with Gasteiger partial charge in [-0.3, -0.25) is 29.8 Å². The van der Waals surface area contributed by atoms with Crippen LogP contribution in [0, 0.1) is 20.2 Å². The minimum absolute atomic E-state index is 0.0534. The van der Waals surface area contributed by atoms with Gasteiger partial charge in [-0.1, -0.05) is 0 Å². The van der Waals surface area contributed by atoms with Crippen molar-refractivity contribution in [1.82, 2.24) is 10.9 Å². The summed E-state index contributed by atoms with van der Waals surface area (Å²) in [6, 6.07) is 17.0. The third-order valence-electron chi connectivity index (χ3n) is 4.38. The van der Waals surface area contributed by atoms with Gasteiger partial charge in [-0.2, -0.15) is 10.2 Å². The highest BCUT2D eigenvalue weighted by atomic mass is 16.6. The number of rotatable bonds is 8. The van der Waals surface area contributed by atoms with E-state index in [9.17, 15) is 29.8 Å². The second-order valence-electron chi connectivity index (χ2n) is 6.67. The molecule has 0 fully saturated rings.